The van der Waals surface area contributed by atoms with Gasteiger partial charge in [0, 0.05) is 8.95 Å². The van der Waals surface area contributed by atoms with Crippen LogP contribution in [0.5, 0.6) is 0 Å². The summed E-state index contributed by atoms with van der Waals surface area (Å²) in [5.74, 6) is -1.48. The lowest BCUT2D eigenvalue weighted by molar-refractivity contribution is 0.0695. The van der Waals surface area contributed by atoms with Crippen LogP contribution in [0.1, 0.15) is 26.5 Å². The second kappa shape index (κ2) is 6.36. The molecule has 0 spiro atoms. The lowest BCUT2D eigenvalue weighted by Gasteiger charge is -2.08. The van der Waals surface area contributed by atoms with Crippen LogP contribution >= 0.6 is 31.9 Å². The smallest absolute Gasteiger partial charge is 0.337 e. The highest BCUT2D eigenvalue weighted by Crippen LogP contribution is 2.26. The van der Waals surface area contributed by atoms with Crippen molar-refractivity contribution in [3.05, 3.63) is 56.2 Å². The Balaban J connectivity index is 2.26. The van der Waals surface area contributed by atoms with Crippen LogP contribution in [-0.2, 0) is 0 Å². The van der Waals surface area contributed by atoms with Gasteiger partial charge < -0.3 is 10.4 Å². The molecule has 0 unspecified atom stereocenters. The van der Waals surface area contributed by atoms with E-state index >= 15 is 0 Å². The molecular formula is C14H10Br2N2O3. The van der Waals surface area contributed by atoms with E-state index in [1.54, 1.807) is 19.1 Å². The zero-order valence-electron chi connectivity index (χ0n) is 10.9. The number of benzene rings is 1. The largest absolute Gasteiger partial charge is 0.478 e. The molecule has 0 atom stereocenters. The first kappa shape index (κ1) is 15.7. The maximum atomic E-state index is 12.2. The van der Waals surface area contributed by atoms with E-state index < -0.39 is 11.9 Å². The predicted octanol–water partition coefficient (Wildman–Crippen LogP) is 3.87. The molecule has 1 aromatic carbocycles. The summed E-state index contributed by atoms with van der Waals surface area (Å²) in [5, 5.41) is 11.7. The number of aromatic carboxylic acids is 1. The molecule has 1 heterocycles. The number of anilines is 1. The molecule has 0 saturated heterocycles. The topological polar surface area (TPSA) is 79.3 Å². The van der Waals surface area contributed by atoms with E-state index in [0.717, 1.165) is 8.95 Å². The Morgan fingerprint density at radius 2 is 1.90 bits per heavy atom. The van der Waals surface area contributed by atoms with Gasteiger partial charge in [-0.2, -0.15) is 0 Å². The van der Waals surface area contributed by atoms with Crippen LogP contribution in [0, 0.1) is 6.92 Å². The molecule has 0 saturated carbocycles. The fourth-order valence-corrected chi connectivity index (χ4v) is 2.40. The van der Waals surface area contributed by atoms with E-state index in [-0.39, 0.29) is 11.3 Å². The first-order valence-corrected chi connectivity index (χ1v) is 7.44. The Kier molecular flexibility index (Phi) is 4.74. The Morgan fingerprint density at radius 1 is 1.19 bits per heavy atom. The third kappa shape index (κ3) is 3.68. The van der Waals surface area contributed by atoms with Gasteiger partial charge in [0.15, 0.2) is 0 Å². The molecule has 0 aliphatic carbocycles. The van der Waals surface area contributed by atoms with Crippen molar-refractivity contribution in [2.45, 2.75) is 6.92 Å². The number of aromatic nitrogens is 1. The maximum absolute atomic E-state index is 12.2. The van der Waals surface area contributed by atoms with Gasteiger partial charge in [-0.05, 0) is 53.2 Å². The van der Waals surface area contributed by atoms with E-state index in [9.17, 15) is 9.59 Å². The SMILES string of the molecule is Cc1nc(C(=O)Nc2cc(Br)ccc2Br)ccc1C(=O)O. The van der Waals surface area contributed by atoms with E-state index in [4.69, 9.17) is 5.11 Å². The summed E-state index contributed by atoms with van der Waals surface area (Å²) >= 11 is 6.67. The van der Waals surface area contributed by atoms with Crippen LogP contribution in [0.4, 0.5) is 5.69 Å². The number of carboxylic acids is 1. The van der Waals surface area contributed by atoms with E-state index in [1.165, 1.54) is 12.1 Å². The fourth-order valence-electron chi connectivity index (χ4n) is 1.69. The van der Waals surface area contributed by atoms with Gasteiger partial charge in [-0.25, -0.2) is 9.78 Å². The number of amides is 1. The molecule has 0 bridgehead atoms. The zero-order chi connectivity index (χ0) is 15.6. The van der Waals surface area contributed by atoms with E-state index in [0.29, 0.717) is 11.4 Å². The van der Waals surface area contributed by atoms with Crippen LogP contribution in [0.15, 0.2) is 39.3 Å². The summed E-state index contributed by atoms with van der Waals surface area (Å²) in [6, 6.07) is 8.14. The van der Waals surface area contributed by atoms with E-state index in [1.807, 2.05) is 6.07 Å². The zero-order valence-corrected chi connectivity index (χ0v) is 14.0. The first-order chi connectivity index (χ1) is 9.88. The monoisotopic (exact) mass is 412 g/mol. The summed E-state index contributed by atoms with van der Waals surface area (Å²) in [4.78, 5) is 27.1. The highest BCUT2D eigenvalue weighted by molar-refractivity contribution is 9.11. The molecule has 0 radical (unpaired) electrons. The summed E-state index contributed by atoms with van der Waals surface area (Å²) in [6.45, 7) is 1.55. The average Bonchev–Trinajstić information content (AvgIpc) is 2.42. The van der Waals surface area contributed by atoms with Crippen molar-refractivity contribution in [3.8, 4) is 0 Å². The number of carbonyl (C=O) groups is 2. The standard InChI is InChI=1S/C14H10Br2N2O3/c1-7-9(14(20)21)3-5-11(17-7)13(19)18-12-6-8(15)2-4-10(12)16/h2-6H,1H3,(H,18,19)(H,20,21). The van der Waals surface area contributed by atoms with Crippen LogP contribution in [0.3, 0.4) is 0 Å². The van der Waals surface area contributed by atoms with Gasteiger partial charge in [-0.15, -0.1) is 0 Å². The van der Waals surface area contributed by atoms with Crippen LogP contribution < -0.4 is 5.32 Å². The summed E-state index contributed by atoms with van der Waals surface area (Å²) in [7, 11) is 0. The first-order valence-electron chi connectivity index (χ1n) is 5.86. The third-order valence-corrected chi connectivity index (χ3v) is 3.91. The lowest BCUT2D eigenvalue weighted by atomic mass is 10.2. The molecule has 7 heteroatoms. The van der Waals surface area contributed by atoms with Gasteiger partial charge in [0.1, 0.15) is 5.69 Å². The maximum Gasteiger partial charge on any atom is 0.337 e. The molecule has 1 aromatic heterocycles. The van der Waals surface area contributed by atoms with Crippen molar-refractivity contribution in [3.63, 3.8) is 0 Å². The molecule has 2 aromatic rings. The van der Waals surface area contributed by atoms with Crippen LogP contribution in [0.25, 0.3) is 0 Å². The normalized spacial score (nSPS) is 10.2. The van der Waals surface area contributed by atoms with E-state index in [2.05, 4.69) is 42.2 Å². The van der Waals surface area contributed by atoms with Crippen molar-refractivity contribution in [1.29, 1.82) is 0 Å². The van der Waals surface area contributed by atoms with Crippen molar-refractivity contribution in [2.24, 2.45) is 0 Å². The number of nitrogens with one attached hydrogen (secondary N) is 1. The van der Waals surface area contributed by atoms with Gasteiger partial charge in [0.2, 0.25) is 0 Å². The van der Waals surface area contributed by atoms with Gasteiger partial charge in [-0.1, -0.05) is 15.9 Å². The number of pyridine rings is 1. The molecule has 1 amide bonds. The molecule has 0 aliphatic rings. The van der Waals surface area contributed by atoms with Crippen molar-refractivity contribution < 1.29 is 14.7 Å². The predicted molar refractivity (Wildman–Crippen MR) is 85.7 cm³/mol. The molecular weight excluding hydrogens is 404 g/mol. The van der Waals surface area contributed by atoms with Gasteiger partial charge >= 0.3 is 5.97 Å². The van der Waals surface area contributed by atoms with Crippen LogP contribution in [-0.4, -0.2) is 22.0 Å². The molecule has 0 aliphatic heterocycles. The number of nitrogens with zero attached hydrogens (tertiary/aromatic N) is 1. The summed E-state index contributed by atoms with van der Waals surface area (Å²) < 4.78 is 1.56. The molecule has 21 heavy (non-hydrogen) atoms. The fraction of sp³-hybridized carbons (Fsp3) is 0.0714. The number of carboxylic acid groups (broad SMARTS) is 1. The minimum atomic E-state index is -1.07. The molecule has 2 rings (SSSR count). The van der Waals surface area contributed by atoms with Crippen LogP contribution in [0.2, 0.25) is 0 Å². The summed E-state index contributed by atoms with van der Waals surface area (Å²) in [5.41, 5.74) is 1.12. The third-order valence-electron chi connectivity index (χ3n) is 2.73. The second-order valence-electron chi connectivity index (χ2n) is 4.21. The van der Waals surface area contributed by atoms with Gasteiger partial charge in [-0.3, -0.25) is 4.79 Å². The number of carbonyl (C=O) groups excluding carboxylic acids is 1. The van der Waals surface area contributed by atoms with Gasteiger partial charge in [0.25, 0.3) is 5.91 Å². The summed E-state index contributed by atoms with van der Waals surface area (Å²) in [6.07, 6.45) is 0. The Hall–Kier alpha value is -1.73. The Morgan fingerprint density at radius 3 is 2.52 bits per heavy atom. The quantitative estimate of drug-likeness (QED) is 0.800. The molecule has 0 fully saturated rings. The minimum Gasteiger partial charge on any atom is -0.478 e. The Labute approximate surface area is 137 Å². The highest BCUT2D eigenvalue weighted by atomic mass is 79.9. The number of aryl methyl sites for hydroxylation is 1. The molecule has 108 valence electrons. The lowest BCUT2D eigenvalue weighted by Crippen LogP contribution is -2.15. The highest BCUT2D eigenvalue weighted by Gasteiger charge is 2.14. The minimum absolute atomic E-state index is 0.0789. The second-order valence-corrected chi connectivity index (χ2v) is 5.98. The van der Waals surface area contributed by atoms with Crippen molar-refractivity contribution in [1.82, 2.24) is 4.98 Å². The van der Waals surface area contributed by atoms with Crippen molar-refractivity contribution >= 4 is 49.4 Å². The molecule has 2 N–H and O–H groups in total. The number of hydrogen-bond acceptors (Lipinski definition) is 3. The average molecular weight is 414 g/mol. The van der Waals surface area contributed by atoms with Crippen molar-refractivity contribution in [2.75, 3.05) is 5.32 Å². The van der Waals surface area contributed by atoms with Gasteiger partial charge in [0.05, 0.1) is 16.9 Å². The number of rotatable bonds is 3. The Bertz CT molecular complexity index is 732. The molecule has 5 nitrogen and oxygen atoms in total. The number of hydrogen-bond donors (Lipinski definition) is 2. The number of halogens is 2.